The molecule has 1 N–H and O–H groups in total. The normalized spacial score (nSPS) is 10.9. The van der Waals surface area contributed by atoms with Gasteiger partial charge in [0.15, 0.2) is 0 Å². The van der Waals surface area contributed by atoms with Crippen molar-refractivity contribution in [3.8, 4) is 5.82 Å². The number of imidazole rings is 1. The van der Waals surface area contributed by atoms with Crippen LogP contribution >= 0.6 is 15.9 Å². The number of halogens is 1. The maximum absolute atomic E-state index is 11.9. The molecule has 0 spiro atoms. The van der Waals surface area contributed by atoms with E-state index in [2.05, 4.69) is 25.9 Å². The molecule has 5 heteroatoms. The minimum atomic E-state index is -0.184. The number of H-pyrrole nitrogens is 1. The zero-order valence-electron chi connectivity index (χ0n) is 8.72. The Morgan fingerprint density at radius 2 is 2.12 bits per heavy atom. The summed E-state index contributed by atoms with van der Waals surface area (Å²) in [7, 11) is 0. The Morgan fingerprint density at radius 1 is 1.24 bits per heavy atom. The van der Waals surface area contributed by atoms with E-state index >= 15 is 0 Å². The van der Waals surface area contributed by atoms with Crippen molar-refractivity contribution in [1.82, 2.24) is 14.5 Å². The molecule has 0 saturated heterocycles. The van der Waals surface area contributed by atoms with Crippen molar-refractivity contribution in [3.63, 3.8) is 0 Å². The number of hydrogen-bond acceptors (Lipinski definition) is 2. The molecule has 0 fully saturated rings. The minimum absolute atomic E-state index is 0.184. The van der Waals surface area contributed by atoms with Crippen LogP contribution in [0.1, 0.15) is 0 Å². The standard InChI is InChI=1S/C12H8BrN3O/c13-8-4-5-9-10(7-8)16(12(17)15-9)11-3-1-2-6-14-11/h1-7H,(H,15,17). The summed E-state index contributed by atoms with van der Waals surface area (Å²) in [5.41, 5.74) is 1.42. The Morgan fingerprint density at radius 3 is 2.88 bits per heavy atom. The van der Waals surface area contributed by atoms with Gasteiger partial charge in [-0.1, -0.05) is 22.0 Å². The van der Waals surface area contributed by atoms with Gasteiger partial charge in [0.2, 0.25) is 0 Å². The molecule has 2 aromatic heterocycles. The zero-order chi connectivity index (χ0) is 11.8. The molecule has 4 nitrogen and oxygen atoms in total. The van der Waals surface area contributed by atoms with Crippen LogP contribution in [0.15, 0.2) is 51.9 Å². The Balaban J connectivity index is 2.40. The number of aromatic nitrogens is 3. The summed E-state index contributed by atoms with van der Waals surface area (Å²) in [4.78, 5) is 18.9. The predicted octanol–water partition coefficient (Wildman–Crippen LogP) is 2.48. The van der Waals surface area contributed by atoms with Crippen LogP contribution in [0.5, 0.6) is 0 Å². The number of rotatable bonds is 1. The van der Waals surface area contributed by atoms with Crippen molar-refractivity contribution < 1.29 is 0 Å². The number of pyridine rings is 1. The number of nitrogens with one attached hydrogen (secondary N) is 1. The van der Waals surface area contributed by atoms with E-state index in [0.717, 1.165) is 15.5 Å². The van der Waals surface area contributed by atoms with Gasteiger partial charge in [-0.2, -0.15) is 0 Å². The van der Waals surface area contributed by atoms with Gasteiger partial charge in [0, 0.05) is 10.7 Å². The van der Waals surface area contributed by atoms with Crippen molar-refractivity contribution in [1.29, 1.82) is 0 Å². The highest BCUT2D eigenvalue weighted by Gasteiger charge is 2.09. The topological polar surface area (TPSA) is 50.7 Å². The lowest BCUT2D eigenvalue weighted by molar-refractivity contribution is 0.966. The molecule has 0 radical (unpaired) electrons. The molecule has 1 aromatic carbocycles. The van der Waals surface area contributed by atoms with Crippen LogP contribution in [0.2, 0.25) is 0 Å². The van der Waals surface area contributed by atoms with Gasteiger partial charge in [-0.3, -0.25) is 0 Å². The van der Waals surface area contributed by atoms with Crippen molar-refractivity contribution in [2.24, 2.45) is 0 Å². The molecule has 17 heavy (non-hydrogen) atoms. The molecule has 0 saturated carbocycles. The Labute approximate surface area is 105 Å². The highest BCUT2D eigenvalue weighted by molar-refractivity contribution is 9.10. The van der Waals surface area contributed by atoms with Gasteiger partial charge in [-0.05, 0) is 30.3 Å². The molecule has 0 aliphatic carbocycles. The van der Waals surface area contributed by atoms with Crippen LogP contribution in [0, 0.1) is 0 Å². The quantitative estimate of drug-likeness (QED) is 0.748. The van der Waals surface area contributed by atoms with Crippen LogP contribution in [0.4, 0.5) is 0 Å². The van der Waals surface area contributed by atoms with E-state index in [1.54, 1.807) is 16.8 Å². The van der Waals surface area contributed by atoms with Crippen molar-refractivity contribution >= 4 is 27.0 Å². The summed E-state index contributed by atoms with van der Waals surface area (Å²) in [6.45, 7) is 0. The number of nitrogens with zero attached hydrogens (tertiary/aromatic N) is 2. The first-order valence-electron chi connectivity index (χ1n) is 5.07. The highest BCUT2D eigenvalue weighted by atomic mass is 79.9. The van der Waals surface area contributed by atoms with Crippen LogP contribution in [-0.4, -0.2) is 14.5 Å². The molecule has 0 aliphatic heterocycles. The van der Waals surface area contributed by atoms with E-state index in [0.29, 0.717) is 5.82 Å². The average Bonchev–Trinajstić information content (AvgIpc) is 2.65. The maximum atomic E-state index is 11.9. The van der Waals surface area contributed by atoms with Gasteiger partial charge in [-0.25, -0.2) is 14.3 Å². The predicted molar refractivity (Wildman–Crippen MR) is 69.4 cm³/mol. The van der Waals surface area contributed by atoms with Gasteiger partial charge >= 0.3 is 5.69 Å². The van der Waals surface area contributed by atoms with E-state index in [-0.39, 0.29) is 5.69 Å². The first kappa shape index (κ1) is 10.3. The van der Waals surface area contributed by atoms with Crippen LogP contribution < -0.4 is 5.69 Å². The molecule has 0 amide bonds. The molecular formula is C12H8BrN3O. The summed E-state index contributed by atoms with van der Waals surface area (Å²) in [6, 6.07) is 11.1. The lowest BCUT2D eigenvalue weighted by atomic mass is 10.3. The Hall–Kier alpha value is -1.88. The SMILES string of the molecule is O=c1[nH]c2ccc(Br)cc2n1-c1ccccn1. The van der Waals surface area contributed by atoms with Crippen LogP contribution in [-0.2, 0) is 0 Å². The van der Waals surface area contributed by atoms with E-state index in [4.69, 9.17) is 0 Å². The van der Waals surface area contributed by atoms with Crippen molar-refractivity contribution in [2.75, 3.05) is 0 Å². The third-order valence-corrected chi connectivity index (χ3v) is 3.02. The van der Waals surface area contributed by atoms with Gasteiger partial charge in [0.25, 0.3) is 0 Å². The molecule has 0 bridgehead atoms. The highest BCUT2D eigenvalue weighted by Crippen LogP contribution is 2.19. The van der Waals surface area contributed by atoms with E-state index in [9.17, 15) is 4.79 Å². The van der Waals surface area contributed by atoms with E-state index in [1.807, 2.05) is 30.3 Å². The van der Waals surface area contributed by atoms with E-state index in [1.165, 1.54) is 0 Å². The fourth-order valence-corrected chi connectivity index (χ4v) is 2.14. The number of benzene rings is 1. The second kappa shape index (κ2) is 3.85. The summed E-state index contributed by atoms with van der Waals surface area (Å²) in [5, 5.41) is 0. The second-order valence-electron chi connectivity index (χ2n) is 3.61. The largest absolute Gasteiger partial charge is 0.332 e. The molecule has 84 valence electrons. The zero-order valence-corrected chi connectivity index (χ0v) is 10.3. The molecule has 0 aliphatic rings. The third kappa shape index (κ3) is 1.68. The first-order chi connectivity index (χ1) is 8.25. The molecular weight excluding hydrogens is 282 g/mol. The third-order valence-electron chi connectivity index (χ3n) is 2.52. The summed E-state index contributed by atoms with van der Waals surface area (Å²) in [6.07, 6.45) is 1.67. The average molecular weight is 290 g/mol. The van der Waals surface area contributed by atoms with Crippen LogP contribution in [0.3, 0.4) is 0 Å². The monoisotopic (exact) mass is 289 g/mol. The van der Waals surface area contributed by atoms with Gasteiger partial charge < -0.3 is 4.98 Å². The second-order valence-corrected chi connectivity index (χ2v) is 4.53. The lowest BCUT2D eigenvalue weighted by Gasteiger charge is -2.01. The molecule has 2 heterocycles. The number of fused-ring (bicyclic) bond motifs is 1. The van der Waals surface area contributed by atoms with Gasteiger partial charge in [-0.15, -0.1) is 0 Å². The summed E-state index contributed by atoms with van der Waals surface area (Å²) in [5.74, 6) is 0.613. The Kier molecular flexibility index (Phi) is 2.33. The van der Waals surface area contributed by atoms with Gasteiger partial charge in [0.1, 0.15) is 5.82 Å². The molecule has 3 rings (SSSR count). The van der Waals surface area contributed by atoms with E-state index < -0.39 is 0 Å². The smallest absolute Gasteiger partial charge is 0.305 e. The Bertz CT molecular complexity index is 730. The first-order valence-corrected chi connectivity index (χ1v) is 5.87. The number of hydrogen-bond donors (Lipinski definition) is 1. The van der Waals surface area contributed by atoms with Crippen molar-refractivity contribution in [2.45, 2.75) is 0 Å². The maximum Gasteiger partial charge on any atom is 0.332 e. The lowest BCUT2D eigenvalue weighted by Crippen LogP contribution is -2.15. The molecule has 0 unspecified atom stereocenters. The fourth-order valence-electron chi connectivity index (χ4n) is 1.79. The van der Waals surface area contributed by atoms with Gasteiger partial charge in [0.05, 0.1) is 11.0 Å². The fraction of sp³-hybridized carbons (Fsp3) is 0. The van der Waals surface area contributed by atoms with Crippen LogP contribution in [0.25, 0.3) is 16.9 Å². The summed E-state index contributed by atoms with van der Waals surface area (Å²) < 4.78 is 2.48. The molecule has 3 aromatic rings. The number of aromatic amines is 1. The minimum Gasteiger partial charge on any atom is -0.305 e. The summed E-state index contributed by atoms with van der Waals surface area (Å²) >= 11 is 3.40. The van der Waals surface area contributed by atoms with Crippen molar-refractivity contribution in [3.05, 3.63) is 57.6 Å². The molecule has 0 atom stereocenters.